The molecule has 3 aromatic carbocycles. The molecule has 0 aliphatic carbocycles. The zero-order valence-electron chi connectivity index (χ0n) is 17.7. The summed E-state index contributed by atoms with van der Waals surface area (Å²) < 4.78 is 16.3. The molecule has 2 unspecified atom stereocenters. The van der Waals surface area contributed by atoms with Crippen LogP contribution in [0.1, 0.15) is 11.3 Å². The minimum Gasteiger partial charge on any atom is -0.364 e. The summed E-state index contributed by atoms with van der Waals surface area (Å²) >= 11 is 0. The first kappa shape index (κ1) is 20.6. The first-order valence-corrected chi connectivity index (χ1v) is 12.0. The molecule has 0 fully saturated rings. The maximum Gasteiger partial charge on any atom is 0.125 e. The molecule has 160 valence electrons. The molecule has 0 saturated carbocycles. The van der Waals surface area contributed by atoms with Gasteiger partial charge in [-0.05, 0) is 29.8 Å². The number of benzene rings is 3. The summed E-state index contributed by atoms with van der Waals surface area (Å²) in [6.45, 7) is 1.56. The molecule has 0 bridgehead atoms. The Labute approximate surface area is 191 Å². The topological polar surface area (TPSA) is 45.2 Å². The standard InChI is InChI=1S/C27H25N3OS/c31-32(24-14-8-3-9-15-24)29-23-18-26-27(30(20-23)19-21-10-4-1-5-11-21)17-16-25(28-26)22-12-6-2-7-13-22/h1-17,23,29H,18-20H2. The smallest absolute Gasteiger partial charge is 0.125 e. The summed E-state index contributed by atoms with van der Waals surface area (Å²) in [6, 6.07) is 34.6. The molecule has 1 N–H and O–H groups in total. The Bertz CT molecular complexity index is 1200. The van der Waals surface area contributed by atoms with Gasteiger partial charge in [0.25, 0.3) is 0 Å². The molecule has 4 nitrogen and oxygen atoms in total. The Hall–Kier alpha value is -3.28. The van der Waals surface area contributed by atoms with Crippen LogP contribution < -0.4 is 9.62 Å². The first-order chi connectivity index (χ1) is 15.8. The normalized spacial score (nSPS) is 16.4. The van der Waals surface area contributed by atoms with Crippen molar-refractivity contribution in [2.45, 2.75) is 23.9 Å². The van der Waals surface area contributed by atoms with E-state index in [2.05, 4.69) is 58.2 Å². The van der Waals surface area contributed by atoms with Gasteiger partial charge in [0.1, 0.15) is 11.0 Å². The number of rotatable bonds is 6. The van der Waals surface area contributed by atoms with E-state index in [9.17, 15) is 4.21 Å². The van der Waals surface area contributed by atoms with Gasteiger partial charge in [0.15, 0.2) is 0 Å². The fourth-order valence-corrected chi connectivity index (χ4v) is 5.16. The SMILES string of the molecule is O=S(NC1Cc2nc(-c3ccccc3)ccc2N(Cc2ccccc2)C1)c1ccccc1. The molecule has 0 radical (unpaired) electrons. The molecule has 0 saturated heterocycles. The second-order valence-electron chi connectivity index (χ2n) is 8.00. The summed E-state index contributed by atoms with van der Waals surface area (Å²) in [5, 5.41) is 0. The third kappa shape index (κ3) is 4.64. The van der Waals surface area contributed by atoms with Gasteiger partial charge in [-0.15, -0.1) is 0 Å². The number of nitrogens with zero attached hydrogens (tertiary/aromatic N) is 2. The van der Waals surface area contributed by atoms with Crippen LogP contribution in [0, 0.1) is 0 Å². The van der Waals surface area contributed by atoms with E-state index in [1.54, 1.807) is 0 Å². The van der Waals surface area contributed by atoms with E-state index in [-0.39, 0.29) is 6.04 Å². The summed E-state index contributed by atoms with van der Waals surface area (Å²) in [7, 11) is -1.26. The summed E-state index contributed by atoms with van der Waals surface area (Å²) in [5.74, 6) is 0. The van der Waals surface area contributed by atoms with Gasteiger partial charge in [-0.3, -0.25) is 4.98 Å². The van der Waals surface area contributed by atoms with Crippen molar-refractivity contribution in [3.8, 4) is 11.3 Å². The van der Waals surface area contributed by atoms with Crippen molar-refractivity contribution >= 4 is 16.7 Å². The van der Waals surface area contributed by atoms with Crippen LogP contribution in [0.2, 0.25) is 0 Å². The highest BCUT2D eigenvalue weighted by atomic mass is 32.2. The predicted molar refractivity (Wildman–Crippen MR) is 131 cm³/mol. The fourth-order valence-electron chi connectivity index (χ4n) is 4.16. The summed E-state index contributed by atoms with van der Waals surface area (Å²) in [5.41, 5.74) is 5.50. The van der Waals surface area contributed by atoms with E-state index < -0.39 is 11.0 Å². The first-order valence-electron chi connectivity index (χ1n) is 10.8. The molecule has 4 aromatic rings. The monoisotopic (exact) mass is 439 g/mol. The third-order valence-corrected chi connectivity index (χ3v) is 6.94. The number of nitrogens with one attached hydrogen (secondary N) is 1. The molecule has 2 atom stereocenters. The van der Waals surface area contributed by atoms with Gasteiger partial charge in [0, 0.05) is 31.1 Å². The molecule has 1 aromatic heterocycles. The lowest BCUT2D eigenvalue weighted by Crippen LogP contribution is -2.46. The van der Waals surface area contributed by atoms with Crippen LogP contribution in [0.15, 0.2) is 108 Å². The molecule has 5 rings (SSSR count). The van der Waals surface area contributed by atoms with Gasteiger partial charge in [-0.2, -0.15) is 0 Å². The molecule has 32 heavy (non-hydrogen) atoms. The lowest BCUT2D eigenvalue weighted by Gasteiger charge is -2.36. The van der Waals surface area contributed by atoms with Gasteiger partial charge < -0.3 is 4.90 Å². The Kier molecular flexibility index (Phi) is 6.10. The summed E-state index contributed by atoms with van der Waals surface area (Å²) in [6.07, 6.45) is 0.736. The maximum absolute atomic E-state index is 12.9. The number of aromatic nitrogens is 1. The quantitative estimate of drug-likeness (QED) is 0.460. The zero-order valence-corrected chi connectivity index (χ0v) is 18.5. The van der Waals surface area contributed by atoms with Crippen molar-refractivity contribution in [2.24, 2.45) is 0 Å². The van der Waals surface area contributed by atoms with Crippen molar-refractivity contribution in [2.75, 3.05) is 11.4 Å². The second kappa shape index (κ2) is 9.47. The summed E-state index contributed by atoms with van der Waals surface area (Å²) in [4.78, 5) is 8.16. The number of anilines is 1. The van der Waals surface area contributed by atoms with Crippen molar-refractivity contribution in [3.05, 3.63) is 114 Å². The molecule has 0 amide bonds. The highest BCUT2D eigenvalue weighted by molar-refractivity contribution is 7.83. The van der Waals surface area contributed by atoms with Crippen molar-refractivity contribution in [3.63, 3.8) is 0 Å². The van der Waals surface area contributed by atoms with Gasteiger partial charge in [-0.25, -0.2) is 8.93 Å². The molecule has 0 spiro atoms. The van der Waals surface area contributed by atoms with E-state index in [4.69, 9.17) is 4.98 Å². The van der Waals surface area contributed by atoms with Crippen LogP contribution in [0.3, 0.4) is 0 Å². The highest BCUT2D eigenvalue weighted by Crippen LogP contribution is 2.30. The number of hydrogen-bond acceptors (Lipinski definition) is 3. The van der Waals surface area contributed by atoms with E-state index in [0.717, 1.165) is 47.0 Å². The Morgan fingerprint density at radius 2 is 1.50 bits per heavy atom. The van der Waals surface area contributed by atoms with E-state index >= 15 is 0 Å². The maximum atomic E-state index is 12.9. The van der Waals surface area contributed by atoms with E-state index in [1.807, 2.05) is 54.6 Å². The molecule has 1 aliphatic heterocycles. The minimum atomic E-state index is -1.26. The minimum absolute atomic E-state index is 0.0331. The number of fused-ring (bicyclic) bond motifs is 1. The van der Waals surface area contributed by atoms with Crippen LogP contribution in [0.4, 0.5) is 5.69 Å². The Balaban J connectivity index is 1.45. The Morgan fingerprint density at radius 3 is 2.22 bits per heavy atom. The van der Waals surface area contributed by atoms with Crippen LogP contribution in [-0.2, 0) is 24.0 Å². The van der Waals surface area contributed by atoms with E-state index in [0.29, 0.717) is 0 Å². The van der Waals surface area contributed by atoms with Crippen molar-refractivity contribution < 1.29 is 4.21 Å². The Morgan fingerprint density at radius 1 is 0.844 bits per heavy atom. The predicted octanol–water partition coefficient (Wildman–Crippen LogP) is 4.99. The second-order valence-corrected chi connectivity index (χ2v) is 9.24. The van der Waals surface area contributed by atoms with E-state index in [1.165, 1.54) is 5.56 Å². The van der Waals surface area contributed by atoms with Crippen molar-refractivity contribution in [1.29, 1.82) is 0 Å². The average Bonchev–Trinajstić information content (AvgIpc) is 2.85. The highest BCUT2D eigenvalue weighted by Gasteiger charge is 2.27. The molecular weight excluding hydrogens is 414 g/mol. The van der Waals surface area contributed by atoms with Crippen LogP contribution in [0.5, 0.6) is 0 Å². The van der Waals surface area contributed by atoms with Crippen LogP contribution in [0.25, 0.3) is 11.3 Å². The lowest BCUT2D eigenvalue weighted by atomic mass is 10.0. The molecule has 2 heterocycles. The lowest BCUT2D eigenvalue weighted by molar-refractivity contribution is 0.548. The van der Waals surface area contributed by atoms with Crippen LogP contribution in [-0.4, -0.2) is 21.8 Å². The largest absolute Gasteiger partial charge is 0.364 e. The third-order valence-electron chi connectivity index (χ3n) is 5.69. The van der Waals surface area contributed by atoms with Crippen LogP contribution >= 0.6 is 0 Å². The van der Waals surface area contributed by atoms with Gasteiger partial charge in [-0.1, -0.05) is 78.9 Å². The van der Waals surface area contributed by atoms with Gasteiger partial charge in [0.05, 0.1) is 22.0 Å². The van der Waals surface area contributed by atoms with Crippen molar-refractivity contribution in [1.82, 2.24) is 9.71 Å². The molecule has 1 aliphatic rings. The molecular formula is C27H25N3OS. The van der Waals surface area contributed by atoms with Gasteiger partial charge >= 0.3 is 0 Å². The van der Waals surface area contributed by atoms with Gasteiger partial charge in [0.2, 0.25) is 0 Å². The average molecular weight is 440 g/mol. The fraction of sp³-hybridized carbons (Fsp3) is 0.148. The number of pyridine rings is 1. The molecule has 5 heteroatoms. The number of hydrogen-bond donors (Lipinski definition) is 1. The zero-order chi connectivity index (χ0) is 21.8.